The van der Waals surface area contributed by atoms with Gasteiger partial charge in [-0.15, -0.1) is 0 Å². The second-order valence-electron chi connectivity index (χ2n) is 12.1. The van der Waals surface area contributed by atoms with Crippen molar-refractivity contribution < 1.29 is 11.3 Å². The molecule has 10 aromatic rings. The van der Waals surface area contributed by atoms with Crippen LogP contribution in [0.2, 0.25) is 0 Å². The first-order valence-corrected chi connectivity index (χ1v) is 15.8. The van der Waals surface area contributed by atoms with E-state index in [0.717, 1.165) is 81.7 Å². The van der Waals surface area contributed by atoms with Gasteiger partial charge in [-0.2, -0.15) is 0 Å². The van der Waals surface area contributed by atoms with Gasteiger partial charge >= 0.3 is 0 Å². The van der Waals surface area contributed by atoms with Crippen LogP contribution >= 0.6 is 0 Å². The summed E-state index contributed by atoms with van der Waals surface area (Å²) in [5, 5.41) is 10.9. The lowest BCUT2D eigenvalue weighted by atomic mass is 9.84. The Bertz CT molecular complexity index is 3050. The molecule has 0 bridgehead atoms. The van der Waals surface area contributed by atoms with Crippen LogP contribution in [0.5, 0.6) is 0 Å². The van der Waals surface area contributed by atoms with E-state index in [2.05, 4.69) is 121 Å². The third-order valence-corrected chi connectivity index (χ3v) is 9.51. The molecule has 0 spiro atoms. The highest BCUT2D eigenvalue weighted by Gasteiger charge is 2.21. The molecule has 0 fully saturated rings. The van der Waals surface area contributed by atoms with Crippen molar-refractivity contribution in [1.29, 1.82) is 0 Å². The molecule has 9 aromatic carbocycles. The largest absolute Gasteiger partial charge is 0.455 e. The Morgan fingerprint density at radius 1 is 0.404 bits per heavy atom. The zero-order chi connectivity index (χ0) is 35.2. The number of benzene rings is 9. The summed E-state index contributed by atoms with van der Waals surface area (Å²) < 4.78 is 47.9. The molecule has 0 saturated heterocycles. The molecule has 1 heterocycles. The quantitative estimate of drug-likeness (QED) is 0.184. The number of fused-ring (bicyclic) bond motifs is 8. The molecular weight excluding hydrogens is 569 g/mol. The highest BCUT2D eigenvalue weighted by atomic mass is 16.3. The molecule has 0 saturated carbocycles. The Labute approximate surface area is 279 Å². The molecule has 10 rings (SSSR count). The van der Waals surface area contributed by atoms with Crippen LogP contribution in [0.25, 0.3) is 98.4 Å². The molecule has 0 radical (unpaired) electrons. The molecular formula is C46H28O. The number of hydrogen-bond donors (Lipinski definition) is 0. The van der Waals surface area contributed by atoms with Crippen LogP contribution in [0.1, 0.15) is 6.85 Å². The Morgan fingerprint density at radius 2 is 1.00 bits per heavy atom. The smallest absolute Gasteiger partial charge is 0.143 e. The van der Waals surface area contributed by atoms with E-state index < -0.39 is 6.04 Å². The van der Waals surface area contributed by atoms with Gasteiger partial charge in [0, 0.05) is 16.2 Å². The summed E-state index contributed by atoms with van der Waals surface area (Å²) in [4.78, 5) is 0. The van der Waals surface area contributed by atoms with Gasteiger partial charge in [0.25, 0.3) is 0 Å². The predicted octanol–water partition coefficient (Wildman–Crippen LogP) is 13.2. The van der Waals surface area contributed by atoms with E-state index in [-0.39, 0.29) is 29.7 Å². The van der Waals surface area contributed by atoms with E-state index in [9.17, 15) is 0 Å². The van der Waals surface area contributed by atoms with Crippen molar-refractivity contribution in [3.63, 3.8) is 0 Å². The maximum Gasteiger partial charge on any atom is 0.143 e. The molecule has 0 N–H and O–H groups in total. The maximum absolute atomic E-state index is 8.49. The van der Waals surface area contributed by atoms with E-state index in [1.165, 1.54) is 5.56 Å². The van der Waals surface area contributed by atoms with Crippen molar-refractivity contribution >= 4 is 65.0 Å². The highest BCUT2D eigenvalue weighted by Crippen LogP contribution is 2.47. The summed E-state index contributed by atoms with van der Waals surface area (Å²) in [6.45, 7) is 0. The van der Waals surface area contributed by atoms with Crippen LogP contribution in [0.15, 0.2) is 174 Å². The van der Waals surface area contributed by atoms with Crippen LogP contribution < -0.4 is 0 Å². The fourth-order valence-electron chi connectivity index (χ4n) is 7.44. The molecule has 0 amide bonds. The molecule has 0 atom stereocenters. The summed E-state index contributed by atoms with van der Waals surface area (Å²) in [5.74, 6) is 0. The molecule has 1 aromatic heterocycles. The maximum atomic E-state index is 8.49. The van der Waals surface area contributed by atoms with Crippen LogP contribution in [0.3, 0.4) is 0 Å². The highest BCUT2D eigenvalue weighted by molar-refractivity contribution is 6.27. The van der Waals surface area contributed by atoms with Crippen molar-refractivity contribution in [3.8, 4) is 33.4 Å². The number of rotatable bonds is 3. The summed E-state index contributed by atoms with van der Waals surface area (Å²) in [6.07, 6.45) is 0. The molecule has 218 valence electrons. The van der Waals surface area contributed by atoms with Gasteiger partial charge in [-0.25, -0.2) is 0 Å². The van der Waals surface area contributed by atoms with Crippen LogP contribution in [-0.2, 0) is 0 Å². The van der Waals surface area contributed by atoms with Crippen molar-refractivity contribution in [2.45, 2.75) is 0 Å². The fraction of sp³-hybridized carbons (Fsp3) is 0. The van der Waals surface area contributed by atoms with E-state index >= 15 is 0 Å². The van der Waals surface area contributed by atoms with Gasteiger partial charge in [0.15, 0.2) is 0 Å². The lowest BCUT2D eigenvalue weighted by Crippen LogP contribution is -1.91. The van der Waals surface area contributed by atoms with E-state index in [4.69, 9.17) is 11.3 Å². The van der Waals surface area contributed by atoms with Gasteiger partial charge in [0.05, 0.1) is 6.85 Å². The van der Waals surface area contributed by atoms with Gasteiger partial charge in [-0.05, 0) is 95.3 Å². The van der Waals surface area contributed by atoms with Crippen LogP contribution in [0.4, 0.5) is 0 Å². The predicted molar refractivity (Wildman–Crippen MR) is 200 cm³/mol. The topological polar surface area (TPSA) is 13.1 Å². The Morgan fingerprint density at radius 3 is 1.72 bits per heavy atom. The Balaban J connectivity index is 1.21. The van der Waals surface area contributed by atoms with Gasteiger partial charge in [-0.3, -0.25) is 0 Å². The summed E-state index contributed by atoms with van der Waals surface area (Å²) in [6, 6.07) is 46.9. The summed E-state index contributed by atoms with van der Waals surface area (Å²) in [7, 11) is 0. The SMILES string of the molecule is [2H]c1c([2H])c([2H])c(-c2ccc3cc(-c4c5ccccc5c(-c5cccc6oc7c8ccccc8ccc7c56)c5ccccc45)ccc3c2)c([2H])c1[2H]. The molecule has 0 aliphatic heterocycles. The van der Waals surface area contributed by atoms with Crippen LogP contribution in [-0.4, -0.2) is 0 Å². The molecule has 47 heavy (non-hydrogen) atoms. The van der Waals surface area contributed by atoms with Gasteiger partial charge < -0.3 is 4.42 Å². The Hall–Kier alpha value is -6.18. The van der Waals surface area contributed by atoms with Crippen molar-refractivity contribution in [3.05, 3.63) is 170 Å². The van der Waals surface area contributed by atoms with E-state index in [1.54, 1.807) is 0 Å². The Kier molecular flexibility index (Phi) is 4.66. The lowest BCUT2D eigenvalue weighted by molar-refractivity contribution is 0.673. The fourth-order valence-corrected chi connectivity index (χ4v) is 7.44. The minimum Gasteiger partial charge on any atom is -0.455 e. The lowest BCUT2D eigenvalue weighted by Gasteiger charge is -2.18. The zero-order valence-electron chi connectivity index (χ0n) is 30.2. The van der Waals surface area contributed by atoms with Gasteiger partial charge in [0.2, 0.25) is 0 Å². The van der Waals surface area contributed by atoms with E-state index in [0.29, 0.717) is 5.56 Å². The van der Waals surface area contributed by atoms with Crippen LogP contribution in [0, 0.1) is 0 Å². The summed E-state index contributed by atoms with van der Waals surface area (Å²) in [5.41, 5.74) is 7.06. The van der Waals surface area contributed by atoms with Gasteiger partial charge in [-0.1, -0.05) is 145 Å². The monoisotopic (exact) mass is 601 g/mol. The normalized spacial score (nSPS) is 13.3. The first-order chi connectivity index (χ1) is 25.4. The van der Waals surface area contributed by atoms with Crippen molar-refractivity contribution in [1.82, 2.24) is 0 Å². The van der Waals surface area contributed by atoms with Crippen molar-refractivity contribution in [2.24, 2.45) is 0 Å². The average molecular weight is 602 g/mol. The minimum absolute atomic E-state index is 0.201. The third kappa shape index (κ3) is 3.97. The molecule has 1 nitrogen and oxygen atoms in total. The van der Waals surface area contributed by atoms with Crippen molar-refractivity contribution in [2.75, 3.05) is 0 Å². The number of hydrogen-bond acceptors (Lipinski definition) is 1. The molecule has 0 unspecified atom stereocenters. The first-order valence-electron chi connectivity index (χ1n) is 18.3. The number of furan rings is 1. The van der Waals surface area contributed by atoms with E-state index in [1.807, 2.05) is 18.2 Å². The van der Waals surface area contributed by atoms with Gasteiger partial charge in [0.1, 0.15) is 11.2 Å². The average Bonchev–Trinajstić information content (AvgIpc) is 3.58. The molecule has 0 aliphatic carbocycles. The minimum atomic E-state index is -0.391. The second kappa shape index (κ2) is 10.2. The second-order valence-corrected chi connectivity index (χ2v) is 12.1. The standard InChI is InChI=1S/C46H28O/c1-2-11-29(12-3-1)31-21-22-33-28-34(24-23-32(33)27-31)43-36-15-6-8-17-38(36)44(39-18-9-7-16-37(39)43)40-19-10-20-42-45(40)41-26-25-30-13-4-5-14-35(30)46(41)47-42/h1-28H/i1D,2D,3D,11D,12D. The zero-order valence-corrected chi connectivity index (χ0v) is 25.2. The molecule has 0 aliphatic rings. The summed E-state index contributed by atoms with van der Waals surface area (Å²) >= 11 is 0. The third-order valence-electron chi connectivity index (χ3n) is 9.51. The molecule has 1 heteroatoms. The first kappa shape index (κ1) is 21.5.